The molecule has 0 saturated heterocycles. The molecule has 0 bridgehead atoms. The molecule has 1 rings (SSSR count). The summed E-state index contributed by atoms with van der Waals surface area (Å²) in [6, 6.07) is 0. The van der Waals surface area contributed by atoms with E-state index in [9.17, 15) is 4.79 Å². The fourth-order valence-electron chi connectivity index (χ4n) is 1.24. The zero-order chi connectivity index (χ0) is 9.68. The van der Waals surface area contributed by atoms with E-state index in [-0.39, 0.29) is 6.42 Å². The first-order chi connectivity index (χ1) is 6.20. The van der Waals surface area contributed by atoms with Crippen molar-refractivity contribution in [2.75, 3.05) is 0 Å². The predicted molar refractivity (Wildman–Crippen MR) is 48.5 cm³/mol. The minimum Gasteiger partial charge on any atom is -0.481 e. The molecule has 1 atom stereocenters. The van der Waals surface area contributed by atoms with Crippen LogP contribution in [0.5, 0.6) is 0 Å². The first-order valence-corrected chi connectivity index (χ1v) is 4.41. The minimum atomic E-state index is -0.730. The molecule has 0 amide bonds. The summed E-state index contributed by atoms with van der Waals surface area (Å²) in [6.07, 6.45) is 5.30. The van der Waals surface area contributed by atoms with Crippen LogP contribution < -0.4 is 0 Å². The van der Waals surface area contributed by atoms with Crippen LogP contribution in [0, 0.1) is 0 Å². The SMILES string of the molecule is C[C@@H](CCCC(=O)O)c1ncc[nH]1. The largest absolute Gasteiger partial charge is 0.481 e. The van der Waals surface area contributed by atoms with Crippen molar-refractivity contribution in [2.24, 2.45) is 0 Å². The van der Waals surface area contributed by atoms with E-state index < -0.39 is 5.97 Å². The van der Waals surface area contributed by atoms with Crippen molar-refractivity contribution in [3.8, 4) is 0 Å². The molecule has 0 aliphatic carbocycles. The standard InChI is InChI=1S/C9H14N2O2/c1-7(3-2-4-8(12)13)9-10-5-6-11-9/h5-7H,2-4H2,1H3,(H,10,11)(H,12,13)/t7-/m0/s1. The van der Waals surface area contributed by atoms with E-state index in [0.717, 1.165) is 12.2 Å². The summed E-state index contributed by atoms with van der Waals surface area (Å²) in [7, 11) is 0. The van der Waals surface area contributed by atoms with E-state index in [2.05, 4.69) is 9.97 Å². The number of hydrogen-bond acceptors (Lipinski definition) is 2. The summed E-state index contributed by atoms with van der Waals surface area (Å²) in [5.74, 6) is 0.520. The Labute approximate surface area is 77.0 Å². The maximum atomic E-state index is 10.2. The molecular weight excluding hydrogens is 168 g/mol. The van der Waals surface area contributed by atoms with Gasteiger partial charge in [-0.2, -0.15) is 0 Å². The van der Waals surface area contributed by atoms with Gasteiger partial charge in [-0.15, -0.1) is 0 Å². The predicted octanol–water partition coefficient (Wildman–Crippen LogP) is 1.77. The van der Waals surface area contributed by atoms with Gasteiger partial charge < -0.3 is 10.1 Å². The van der Waals surface area contributed by atoms with Crippen LogP contribution in [0.3, 0.4) is 0 Å². The highest BCUT2D eigenvalue weighted by atomic mass is 16.4. The number of aromatic nitrogens is 2. The van der Waals surface area contributed by atoms with E-state index in [4.69, 9.17) is 5.11 Å². The number of nitrogens with zero attached hydrogens (tertiary/aromatic N) is 1. The molecule has 1 aromatic rings. The number of nitrogens with one attached hydrogen (secondary N) is 1. The Bertz CT molecular complexity index is 257. The van der Waals surface area contributed by atoms with E-state index in [0.29, 0.717) is 12.3 Å². The van der Waals surface area contributed by atoms with Crippen molar-refractivity contribution in [1.82, 2.24) is 9.97 Å². The third kappa shape index (κ3) is 3.27. The molecule has 1 heterocycles. The second-order valence-electron chi connectivity index (χ2n) is 3.16. The lowest BCUT2D eigenvalue weighted by Crippen LogP contribution is -1.99. The molecule has 4 nitrogen and oxygen atoms in total. The van der Waals surface area contributed by atoms with Gasteiger partial charge in [-0.25, -0.2) is 4.98 Å². The molecule has 0 radical (unpaired) electrons. The summed E-state index contributed by atoms with van der Waals surface area (Å²) in [5.41, 5.74) is 0. The van der Waals surface area contributed by atoms with Gasteiger partial charge in [0.1, 0.15) is 5.82 Å². The monoisotopic (exact) mass is 182 g/mol. The van der Waals surface area contributed by atoms with E-state index in [1.807, 2.05) is 6.92 Å². The first-order valence-electron chi connectivity index (χ1n) is 4.41. The zero-order valence-corrected chi connectivity index (χ0v) is 7.66. The van der Waals surface area contributed by atoms with Gasteiger partial charge in [-0.3, -0.25) is 4.79 Å². The third-order valence-corrected chi connectivity index (χ3v) is 2.01. The minimum absolute atomic E-state index is 0.241. The maximum absolute atomic E-state index is 10.2. The molecule has 13 heavy (non-hydrogen) atoms. The van der Waals surface area contributed by atoms with Crippen molar-refractivity contribution >= 4 is 5.97 Å². The Morgan fingerprint density at radius 3 is 3.08 bits per heavy atom. The summed E-state index contributed by atoms with van der Waals surface area (Å²) in [4.78, 5) is 17.4. The van der Waals surface area contributed by atoms with Crippen molar-refractivity contribution in [2.45, 2.75) is 32.1 Å². The Kier molecular flexibility index (Phi) is 3.49. The molecule has 0 aliphatic rings. The topological polar surface area (TPSA) is 66.0 Å². The number of aromatic amines is 1. The van der Waals surface area contributed by atoms with Gasteiger partial charge in [0.25, 0.3) is 0 Å². The van der Waals surface area contributed by atoms with Gasteiger partial charge >= 0.3 is 5.97 Å². The number of carboxylic acids is 1. The van der Waals surface area contributed by atoms with Gasteiger partial charge in [-0.05, 0) is 12.8 Å². The molecular formula is C9H14N2O2. The highest BCUT2D eigenvalue weighted by Gasteiger charge is 2.07. The summed E-state index contributed by atoms with van der Waals surface area (Å²) in [6.45, 7) is 2.04. The van der Waals surface area contributed by atoms with Crippen LogP contribution in [0.1, 0.15) is 37.9 Å². The number of imidazole rings is 1. The Balaban J connectivity index is 2.26. The Morgan fingerprint density at radius 1 is 1.77 bits per heavy atom. The second-order valence-corrected chi connectivity index (χ2v) is 3.16. The van der Waals surface area contributed by atoms with Gasteiger partial charge in [-0.1, -0.05) is 6.92 Å². The van der Waals surface area contributed by atoms with Gasteiger partial charge in [0.15, 0.2) is 0 Å². The fourth-order valence-corrected chi connectivity index (χ4v) is 1.24. The smallest absolute Gasteiger partial charge is 0.303 e. The van der Waals surface area contributed by atoms with E-state index >= 15 is 0 Å². The van der Waals surface area contributed by atoms with Crippen LogP contribution in [0.15, 0.2) is 12.4 Å². The number of aliphatic carboxylic acids is 1. The lowest BCUT2D eigenvalue weighted by Gasteiger charge is -2.06. The van der Waals surface area contributed by atoms with Crippen LogP contribution in [0.4, 0.5) is 0 Å². The van der Waals surface area contributed by atoms with Crippen molar-refractivity contribution < 1.29 is 9.90 Å². The van der Waals surface area contributed by atoms with E-state index in [1.54, 1.807) is 12.4 Å². The van der Waals surface area contributed by atoms with Gasteiger partial charge in [0, 0.05) is 24.7 Å². The zero-order valence-electron chi connectivity index (χ0n) is 7.66. The van der Waals surface area contributed by atoms with Crippen LogP contribution in [-0.4, -0.2) is 21.0 Å². The van der Waals surface area contributed by atoms with E-state index in [1.165, 1.54) is 0 Å². The maximum Gasteiger partial charge on any atom is 0.303 e. The molecule has 0 fully saturated rings. The number of rotatable bonds is 5. The van der Waals surface area contributed by atoms with Crippen LogP contribution in [-0.2, 0) is 4.79 Å². The van der Waals surface area contributed by atoms with Crippen molar-refractivity contribution in [1.29, 1.82) is 0 Å². The van der Waals surface area contributed by atoms with Crippen LogP contribution >= 0.6 is 0 Å². The summed E-state index contributed by atoms with van der Waals surface area (Å²) in [5, 5.41) is 8.43. The lowest BCUT2D eigenvalue weighted by molar-refractivity contribution is -0.137. The molecule has 0 aliphatic heterocycles. The van der Waals surface area contributed by atoms with Gasteiger partial charge in [0.05, 0.1) is 0 Å². The number of hydrogen-bond donors (Lipinski definition) is 2. The quantitative estimate of drug-likeness (QED) is 0.729. The van der Waals surface area contributed by atoms with Crippen LogP contribution in [0.25, 0.3) is 0 Å². The molecule has 0 spiro atoms. The summed E-state index contributed by atoms with van der Waals surface area (Å²) >= 11 is 0. The first kappa shape index (κ1) is 9.77. The second kappa shape index (κ2) is 4.64. The Hall–Kier alpha value is -1.32. The molecule has 0 aromatic carbocycles. The van der Waals surface area contributed by atoms with Crippen LogP contribution in [0.2, 0.25) is 0 Å². The summed E-state index contributed by atoms with van der Waals surface area (Å²) < 4.78 is 0. The normalized spacial score (nSPS) is 12.7. The average molecular weight is 182 g/mol. The molecule has 0 saturated carbocycles. The number of carboxylic acid groups (broad SMARTS) is 1. The fraction of sp³-hybridized carbons (Fsp3) is 0.556. The highest BCUT2D eigenvalue weighted by molar-refractivity contribution is 5.66. The highest BCUT2D eigenvalue weighted by Crippen LogP contribution is 2.17. The van der Waals surface area contributed by atoms with Crippen molar-refractivity contribution in [3.63, 3.8) is 0 Å². The average Bonchev–Trinajstić information content (AvgIpc) is 2.55. The van der Waals surface area contributed by atoms with Gasteiger partial charge in [0.2, 0.25) is 0 Å². The van der Waals surface area contributed by atoms with Crippen molar-refractivity contribution in [3.05, 3.63) is 18.2 Å². The third-order valence-electron chi connectivity index (χ3n) is 2.01. The molecule has 1 aromatic heterocycles. The molecule has 2 N–H and O–H groups in total. The molecule has 4 heteroatoms. The Morgan fingerprint density at radius 2 is 2.54 bits per heavy atom. The molecule has 72 valence electrons. The lowest BCUT2D eigenvalue weighted by atomic mass is 10.0. The molecule has 0 unspecified atom stereocenters. The number of carbonyl (C=O) groups is 1. The number of H-pyrrole nitrogens is 1.